The summed E-state index contributed by atoms with van der Waals surface area (Å²) in [6, 6.07) is 10.4. The highest BCUT2D eigenvalue weighted by atomic mass is 19.1. The summed E-state index contributed by atoms with van der Waals surface area (Å²) in [6.07, 6.45) is 4.43. The third kappa shape index (κ3) is 5.93. The maximum Gasteiger partial charge on any atom is 0.258 e. The SMILES string of the molecule is CC#CCN1C[C@@H](OC)C[C@H]1COc1c(N)ncnc1-c1cccc(NC(=O)c2ccc(C3CC3)cc2F)c1C. The van der Waals surface area contributed by atoms with Gasteiger partial charge in [-0.05, 0) is 68.4 Å². The van der Waals surface area contributed by atoms with Gasteiger partial charge >= 0.3 is 0 Å². The highest BCUT2D eigenvalue weighted by Crippen LogP contribution is 2.40. The second-order valence-corrected chi connectivity index (χ2v) is 10.3. The van der Waals surface area contributed by atoms with Crippen LogP contribution in [0.25, 0.3) is 11.3 Å². The van der Waals surface area contributed by atoms with Crippen LogP contribution in [0.4, 0.5) is 15.9 Å². The standard InChI is InChI=1S/C31H34FN5O3/c1-4-5-13-37-16-23(39-3)15-22(37)17-40-29-28(34-18-35-30(29)33)24-7-6-8-27(19(24)2)36-31(38)25-12-11-21(14-26(25)32)20-9-10-20/h6-8,11-12,14,18,20,22-23H,9-10,13,15-17H2,1-3H3,(H,36,38)(H2,33,34,35)/t22-,23-/m0/s1. The average molecular weight is 544 g/mol. The lowest BCUT2D eigenvalue weighted by atomic mass is 10.0. The second-order valence-electron chi connectivity index (χ2n) is 10.3. The van der Waals surface area contributed by atoms with Gasteiger partial charge in [0.2, 0.25) is 0 Å². The van der Waals surface area contributed by atoms with Crippen LogP contribution in [0.1, 0.15) is 53.6 Å². The highest BCUT2D eigenvalue weighted by molar-refractivity contribution is 6.05. The summed E-state index contributed by atoms with van der Waals surface area (Å²) < 4.78 is 26.6. The van der Waals surface area contributed by atoms with E-state index in [1.165, 1.54) is 12.4 Å². The molecule has 1 saturated heterocycles. The molecule has 0 bridgehead atoms. The van der Waals surface area contributed by atoms with Crippen molar-refractivity contribution in [3.8, 4) is 28.8 Å². The van der Waals surface area contributed by atoms with Crippen molar-refractivity contribution in [2.75, 3.05) is 37.9 Å². The minimum absolute atomic E-state index is 0.00718. The molecule has 2 heterocycles. The Labute approximate surface area is 234 Å². The van der Waals surface area contributed by atoms with Crippen LogP contribution in [-0.2, 0) is 4.74 Å². The number of hydrogen-bond acceptors (Lipinski definition) is 7. The van der Waals surface area contributed by atoms with Gasteiger partial charge in [0, 0.05) is 30.9 Å². The van der Waals surface area contributed by atoms with Crippen molar-refractivity contribution < 1.29 is 18.7 Å². The van der Waals surface area contributed by atoms with Gasteiger partial charge in [0.05, 0.1) is 18.2 Å². The molecule has 1 aromatic heterocycles. The third-order valence-corrected chi connectivity index (χ3v) is 7.66. The van der Waals surface area contributed by atoms with Crippen LogP contribution in [0, 0.1) is 24.6 Å². The lowest BCUT2D eigenvalue weighted by Gasteiger charge is -2.23. The van der Waals surface area contributed by atoms with Crippen molar-refractivity contribution in [2.45, 2.75) is 51.2 Å². The first-order valence-corrected chi connectivity index (χ1v) is 13.5. The van der Waals surface area contributed by atoms with Gasteiger partial charge in [-0.3, -0.25) is 9.69 Å². The van der Waals surface area contributed by atoms with E-state index in [1.54, 1.807) is 25.3 Å². The molecular weight excluding hydrogens is 509 g/mol. The number of nitrogens with one attached hydrogen (secondary N) is 1. The number of ether oxygens (including phenoxy) is 2. The maximum atomic E-state index is 14.8. The number of hydrogen-bond donors (Lipinski definition) is 2. The van der Waals surface area contributed by atoms with Crippen molar-refractivity contribution in [2.24, 2.45) is 0 Å². The highest BCUT2D eigenvalue weighted by Gasteiger charge is 2.33. The molecule has 1 aliphatic carbocycles. The second kappa shape index (κ2) is 12.0. The monoisotopic (exact) mass is 543 g/mol. The van der Waals surface area contributed by atoms with E-state index in [4.69, 9.17) is 15.2 Å². The third-order valence-electron chi connectivity index (χ3n) is 7.66. The molecule has 208 valence electrons. The largest absolute Gasteiger partial charge is 0.486 e. The number of carbonyl (C=O) groups excluding carboxylic acids is 1. The molecule has 0 spiro atoms. The predicted molar refractivity (Wildman–Crippen MR) is 153 cm³/mol. The van der Waals surface area contributed by atoms with E-state index in [2.05, 4.69) is 32.0 Å². The zero-order valence-corrected chi connectivity index (χ0v) is 23.0. The minimum atomic E-state index is -0.517. The fraction of sp³-hybridized carbons (Fsp3) is 0.387. The molecular formula is C31H34FN5O3. The van der Waals surface area contributed by atoms with E-state index >= 15 is 0 Å². The first kappa shape index (κ1) is 27.6. The Morgan fingerprint density at radius 2 is 2.08 bits per heavy atom. The fourth-order valence-electron chi connectivity index (χ4n) is 5.16. The number of likely N-dealkylation sites (tertiary alicyclic amines) is 1. The molecule has 5 rings (SSSR count). The first-order valence-electron chi connectivity index (χ1n) is 13.5. The van der Waals surface area contributed by atoms with E-state index < -0.39 is 11.7 Å². The van der Waals surface area contributed by atoms with E-state index in [-0.39, 0.29) is 23.5 Å². The van der Waals surface area contributed by atoms with Crippen molar-refractivity contribution in [3.63, 3.8) is 0 Å². The number of rotatable bonds is 9. The Morgan fingerprint density at radius 1 is 1.25 bits per heavy atom. The molecule has 1 saturated carbocycles. The molecule has 2 aromatic carbocycles. The number of aromatic nitrogens is 2. The van der Waals surface area contributed by atoms with Crippen molar-refractivity contribution >= 4 is 17.4 Å². The van der Waals surface area contributed by atoms with E-state index in [0.717, 1.165) is 42.5 Å². The van der Waals surface area contributed by atoms with Crippen molar-refractivity contribution in [1.82, 2.24) is 14.9 Å². The zero-order valence-electron chi connectivity index (χ0n) is 23.0. The van der Waals surface area contributed by atoms with Gasteiger partial charge in [-0.25, -0.2) is 14.4 Å². The van der Waals surface area contributed by atoms with Crippen LogP contribution in [0.5, 0.6) is 5.75 Å². The van der Waals surface area contributed by atoms with Gasteiger partial charge in [0.15, 0.2) is 11.6 Å². The quantitative estimate of drug-likeness (QED) is 0.374. The summed E-state index contributed by atoms with van der Waals surface area (Å²) in [5, 5.41) is 2.86. The number of amides is 1. The Kier molecular flexibility index (Phi) is 8.29. The molecule has 0 unspecified atom stereocenters. The van der Waals surface area contributed by atoms with Crippen LogP contribution in [0.15, 0.2) is 42.7 Å². The number of nitrogens with two attached hydrogens (primary N) is 1. The molecule has 0 radical (unpaired) electrons. The Balaban J connectivity index is 1.36. The minimum Gasteiger partial charge on any atom is -0.486 e. The molecule has 1 aliphatic heterocycles. The van der Waals surface area contributed by atoms with Crippen molar-refractivity contribution in [3.05, 3.63) is 65.2 Å². The Morgan fingerprint density at radius 3 is 2.80 bits per heavy atom. The van der Waals surface area contributed by atoms with Gasteiger partial charge in [0.25, 0.3) is 5.91 Å². The average Bonchev–Trinajstić information content (AvgIpc) is 3.73. The smallest absolute Gasteiger partial charge is 0.258 e. The fourth-order valence-corrected chi connectivity index (χ4v) is 5.16. The summed E-state index contributed by atoms with van der Waals surface area (Å²) in [6.45, 7) is 5.45. The van der Waals surface area contributed by atoms with Gasteiger partial charge in [-0.1, -0.05) is 24.1 Å². The van der Waals surface area contributed by atoms with Gasteiger partial charge < -0.3 is 20.5 Å². The molecule has 9 heteroatoms. The molecule has 2 fully saturated rings. The van der Waals surface area contributed by atoms with Crippen LogP contribution < -0.4 is 15.8 Å². The Hall–Kier alpha value is -4.00. The van der Waals surface area contributed by atoms with Gasteiger partial charge in [-0.15, -0.1) is 5.92 Å². The number of nitrogen functional groups attached to an aromatic ring is 1. The van der Waals surface area contributed by atoms with Gasteiger partial charge in [0.1, 0.15) is 24.4 Å². The Bertz CT molecular complexity index is 1460. The van der Waals surface area contributed by atoms with E-state index in [1.807, 2.05) is 26.0 Å². The van der Waals surface area contributed by atoms with Crippen LogP contribution in [0.3, 0.4) is 0 Å². The maximum absolute atomic E-state index is 14.8. The molecule has 3 aromatic rings. The zero-order chi connectivity index (χ0) is 28.2. The number of nitrogens with zero attached hydrogens (tertiary/aromatic N) is 3. The van der Waals surface area contributed by atoms with E-state index in [9.17, 15) is 9.18 Å². The topological polar surface area (TPSA) is 103 Å². The molecule has 2 atom stereocenters. The summed E-state index contributed by atoms with van der Waals surface area (Å²) in [5.41, 5.74) is 9.74. The lowest BCUT2D eigenvalue weighted by molar-refractivity contribution is 0.102. The van der Waals surface area contributed by atoms with Crippen LogP contribution >= 0.6 is 0 Å². The number of benzene rings is 2. The summed E-state index contributed by atoms with van der Waals surface area (Å²) in [5.74, 6) is 6.04. The molecule has 8 nitrogen and oxygen atoms in total. The summed E-state index contributed by atoms with van der Waals surface area (Å²) >= 11 is 0. The van der Waals surface area contributed by atoms with Crippen molar-refractivity contribution in [1.29, 1.82) is 0 Å². The summed E-state index contributed by atoms with van der Waals surface area (Å²) in [7, 11) is 1.71. The van der Waals surface area contributed by atoms with Crippen LogP contribution in [-0.4, -0.2) is 59.7 Å². The van der Waals surface area contributed by atoms with Gasteiger partial charge in [-0.2, -0.15) is 0 Å². The predicted octanol–water partition coefficient (Wildman–Crippen LogP) is 4.79. The normalized spacial score (nSPS) is 18.7. The number of carbonyl (C=O) groups is 1. The lowest BCUT2D eigenvalue weighted by Crippen LogP contribution is -2.34. The van der Waals surface area contributed by atoms with E-state index in [0.29, 0.717) is 36.2 Å². The molecule has 3 N–H and O–H groups in total. The number of methoxy groups -OCH3 is 1. The molecule has 2 aliphatic rings. The number of halogens is 1. The number of anilines is 2. The first-order chi connectivity index (χ1) is 19.4. The molecule has 40 heavy (non-hydrogen) atoms. The summed E-state index contributed by atoms with van der Waals surface area (Å²) in [4.78, 5) is 23.9. The van der Waals surface area contributed by atoms with Crippen LogP contribution in [0.2, 0.25) is 0 Å². The molecule has 1 amide bonds.